The maximum Gasteiger partial charge on any atom is 0.325 e. The summed E-state index contributed by atoms with van der Waals surface area (Å²) in [6, 6.07) is 14.5. The molecule has 6 nitrogen and oxygen atoms in total. The summed E-state index contributed by atoms with van der Waals surface area (Å²) in [6.07, 6.45) is 1.69. The Morgan fingerprint density at radius 3 is 2.50 bits per heavy atom. The largest absolute Gasteiger partial charge is 0.496 e. The van der Waals surface area contributed by atoms with Crippen molar-refractivity contribution < 1.29 is 19.1 Å². The molecule has 144 valence electrons. The number of para-hydroxylation sites is 1. The van der Waals surface area contributed by atoms with E-state index in [9.17, 15) is 9.59 Å². The van der Waals surface area contributed by atoms with Gasteiger partial charge >= 0.3 is 5.97 Å². The molecule has 1 aliphatic rings. The highest BCUT2D eigenvalue weighted by Gasteiger charge is 2.40. The third kappa shape index (κ3) is 3.93. The van der Waals surface area contributed by atoms with Crippen LogP contribution in [0.3, 0.4) is 0 Å². The molecule has 0 saturated carbocycles. The number of carbonyl (C=O) groups excluding carboxylic acids is 2. The van der Waals surface area contributed by atoms with Crippen LogP contribution in [-0.4, -0.2) is 42.7 Å². The average Bonchev–Trinajstić information content (AvgIpc) is 2.92. The summed E-state index contributed by atoms with van der Waals surface area (Å²) in [6.45, 7) is -0.159. The second kappa shape index (κ2) is 8.53. The van der Waals surface area contributed by atoms with E-state index < -0.39 is 5.97 Å². The maximum atomic E-state index is 13.1. The second-order valence-corrected chi connectivity index (χ2v) is 7.06. The number of rotatable bonds is 5. The van der Waals surface area contributed by atoms with Crippen molar-refractivity contribution in [2.75, 3.05) is 25.7 Å². The molecule has 0 radical (unpaired) electrons. The van der Waals surface area contributed by atoms with Gasteiger partial charge < -0.3 is 14.4 Å². The van der Waals surface area contributed by atoms with E-state index in [1.54, 1.807) is 31.4 Å². The lowest BCUT2D eigenvalue weighted by molar-refractivity contribution is -0.140. The van der Waals surface area contributed by atoms with Crippen molar-refractivity contribution in [2.24, 2.45) is 0 Å². The quantitative estimate of drug-likeness (QED) is 0.385. The van der Waals surface area contributed by atoms with Gasteiger partial charge in [-0.1, -0.05) is 24.3 Å². The number of esters is 1. The van der Waals surface area contributed by atoms with Gasteiger partial charge in [0.05, 0.1) is 24.4 Å². The third-order valence-corrected chi connectivity index (χ3v) is 5.17. The van der Waals surface area contributed by atoms with E-state index in [-0.39, 0.29) is 23.3 Å². The van der Waals surface area contributed by atoms with Crippen LogP contribution in [0.25, 0.3) is 6.08 Å². The van der Waals surface area contributed by atoms with Crippen LogP contribution in [-0.2, 0) is 14.3 Å². The highest BCUT2D eigenvalue weighted by molar-refractivity contribution is 9.10. The minimum Gasteiger partial charge on any atom is -0.496 e. The molecule has 0 N–H and O–H groups in total. The molecule has 2 aromatic carbocycles. The first kappa shape index (κ1) is 20.0. The van der Waals surface area contributed by atoms with Crippen LogP contribution in [0.15, 0.2) is 58.7 Å². The molecule has 0 aliphatic carbocycles. The number of thiocarbonyl (C=S) groups is 1. The number of amides is 1. The molecule has 28 heavy (non-hydrogen) atoms. The van der Waals surface area contributed by atoms with Crippen LogP contribution < -0.4 is 9.64 Å². The zero-order valence-corrected chi connectivity index (χ0v) is 17.6. The molecular weight excluding hydrogens is 444 g/mol. The molecule has 0 spiro atoms. The van der Waals surface area contributed by atoms with Gasteiger partial charge in [-0.15, -0.1) is 0 Å². The summed E-state index contributed by atoms with van der Waals surface area (Å²) >= 11 is 8.93. The van der Waals surface area contributed by atoms with Gasteiger partial charge in [-0.2, -0.15) is 0 Å². The molecule has 8 heteroatoms. The molecule has 0 unspecified atom stereocenters. The first-order valence-electron chi connectivity index (χ1n) is 8.29. The normalized spacial score (nSPS) is 15.3. The van der Waals surface area contributed by atoms with Gasteiger partial charge in [-0.05, 0) is 64.1 Å². The molecule has 0 atom stereocenters. The second-order valence-electron chi connectivity index (χ2n) is 5.84. The van der Waals surface area contributed by atoms with E-state index in [2.05, 4.69) is 15.9 Å². The zero-order valence-electron chi connectivity index (χ0n) is 15.2. The number of anilines is 1. The lowest BCUT2D eigenvalue weighted by Crippen LogP contribution is -2.35. The number of hydrogen-bond acceptors (Lipinski definition) is 5. The minimum atomic E-state index is -0.494. The average molecular weight is 461 g/mol. The molecule has 1 heterocycles. The van der Waals surface area contributed by atoms with Gasteiger partial charge in [-0.25, -0.2) is 0 Å². The highest BCUT2D eigenvalue weighted by Crippen LogP contribution is 2.31. The Morgan fingerprint density at radius 2 is 1.89 bits per heavy atom. The predicted octanol–water partition coefficient (Wildman–Crippen LogP) is 3.61. The fraction of sp³-hybridized carbons (Fsp3) is 0.150. The number of ether oxygens (including phenoxy) is 2. The predicted molar refractivity (Wildman–Crippen MR) is 114 cm³/mol. The van der Waals surface area contributed by atoms with E-state index in [1.165, 1.54) is 16.9 Å². The Bertz CT molecular complexity index is 962. The molecule has 1 fully saturated rings. The van der Waals surface area contributed by atoms with Crippen LogP contribution in [0, 0.1) is 0 Å². The van der Waals surface area contributed by atoms with Gasteiger partial charge in [0.2, 0.25) is 0 Å². The SMILES string of the molecule is COC(=O)CN1C(=S)N(c2ccccc2)C(=O)/C1=C\c1ccc(OC)c(Br)c1. The van der Waals surface area contributed by atoms with Crippen LogP contribution in [0.4, 0.5) is 5.69 Å². The first-order valence-corrected chi connectivity index (χ1v) is 9.49. The molecular formula is C20H17BrN2O4S. The molecule has 0 aromatic heterocycles. The number of nitrogens with zero attached hydrogens (tertiary/aromatic N) is 2. The lowest BCUT2D eigenvalue weighted by Gasteiger charge is -2.19. The Balaban J connectivity index is 2.04. The van der Waals surface area contributed by atoms with E-state index in [0.717, 1.165) is 10.0 Å². The fourth-order valence-corrected chi connectivity index (χ4v) is 3.67. The summed E-state index contributed by atoms with van der Waals surface area (Å²) in [5.41, 5.74) is 1.67. The number of halogens is 1. The number of methoxy groups -OCH3 is 2. The van der Waals surface area contributed by atoms with Crippen molar-refractivity contribution in [3.8, 4) is 5.75 Å². The zero-order chi connectivity index (χ0) is 20.3. The summed E-state index contributed by atoms with van der Waals surface area (Å²) in [4.78, 5) is 27.9. The molecule has 3 rings (SSSR count). The summed E-state index contributed by atoms with van der Waals surface area (Å²) in [5.74, 6) is -0.133. The Morgan fingerprint density at radius 1 is 1.18 bits per heavy atom. The molecule has 1 saturated heterocycles. The Hall–Kier alpha value is -2.71. The van der Waals surface area contributed by atoms with Gasteiger partial charge in [0, 0.05) is 0 Å². The van der Waals surface area contributed by atoms with Gasteiger partial charge in [0.15, 0.2) is 5.11 Å². The van der Waals surface area contributed by atoms with E-state index >= 15 is 0 Å². The number of benzene rings is 2. The molecule has 1 aliphatic heterocycles. The summed E-state index contributed by atoms with van der Waals surface area (Å²) in [7, 11) is 2.87. The Kier molecular flexibility index (Phi) is 6.11. The standard InChI is InChI=1S/C20H17BrN2O4S/c1-26-17-9-8-13(10-15(17)21)11-16-19(25)23(14-6-4-3-5-7-14)20(28)22(16)12-18(24)27-2/h3-11H,12H2,1-2H3/b16-11+. The number of hydrogen-bond donors (Lipinski definition) is 0. The van der Waals surface area contributed by atoms with Crippen LogP contribution >= 0.6 is 28.1 Å². The minimum absolute atomic E-state index is 0.159. The van der Waals surface area contributed by atoms with E-state index in [4.69, 9.17) is 21.7 Å². The van der Waals surface area contributed by atoms with Gasteiger partial charge in [-0.3, -0.25) is 14.5 Å². The van der Waals surface area contributed by atoms with Crippen LogP contribution in [0.2, 0.25) is 0 Å². The van der Waals surface area contributed by atoms with Gasteiger partial charge in [0.1, 0.15) is 18.0 Å². The van der Waals surface area contributed by atoms with E-state index in [1.807, 2.05) is 30.3 Å². The summed E-state index contributed by atoms with van der Waals surface area (Å²) < 4.78 is 10.7. The maximum absolute atomic E-state index is 13.1. The number of carbonyl (C=O) groups is 2. The van der Waals surface area contributed by atoms with Crippen molar-refractivity contribution in [2.45, 2.75) is 0 Å². The van der Waals surface area contributed by atoms with Crippen molar-refractivity contribution in [1.29, 1.82) is 0 Å². The summed E-state index contributed by atoms with van der Waals surface area (Å²) in [5, 5.41) is 0.223. The van der Waals surface area contributed by atoms with Gasteiger partial charge in [0.25, 0.3) is 5.91 Å². The van der Waals surface area contributed by atoms with Crippen molar-refractivity contribution in [3.63, 3.8) is 0 Å². The Labute approximate surface area is 176 Å². The van der Waals surface area contributed by atoms with Crippen LogP contribution in [0.5, 0.6) is 5.75 Å². The van der Waals surface area contributed by atoms with Crippen molar-refractivity contribution in [3.05, 3.63) is 64.3 Å². The smallest absolute Gasteiger partial charge is 0.325 e. The molecule has 1 amide bonds. The van der Waals surface area contributed by atoms with Crippen molar-refractivity contribution >= 4 is 56.9 Å². The monoisotopic (exact) mass is 460 g/mol. The first-order chi connectivity index (χ1) is 13.5. The highest BCUT2D eigenvalue weighted by atomic mass is 79.9. The molecule has 0 bridgehead atoms. The van der Waals surface area contributed by atoms with E-state index in [0.29, 0.717) is 11.4 Å². The topological polar surface area (TPSA) is 59.1 Å². The lowest BCUT2D eigenvalue weighted by atomic mass is 10.1. The third-order valence-electron chi connectivity index (χ3n) is 4.14. The van der Waals surface area contributed by atoms with Crippen LogP contribution in [0.1, 0.15) is 5.56 Å². The van der Waals surface area contributed by atoms with Crippen molar-refractivity contribution in [1.82, 2.24) is 4.90 Å². The fourth-order valence-electron chi connectivity index (χ4n) is 2.76. The molecule has 2 aromatic rings.